The first-order valence-electron chi connectivity index (χ1n) is 6.51. The predicted octanol–water partition coefficient (Wildman–Crippen LogP) is 3.73. The van der Waals surface area contributed by atoms with Gasteiger partial charge in [0.05, 0.1) is 10.0 Å². The van der Waals surface area contributed by atoms with Gasteiger partial charge >= 0.3 is 0 Å². The second-order valence-corrected chi connectivity index (χ2v) is 5.82. The summed E-state index contributed by atoms with van der Waals surface area (Å²) in [5.74, 6) is 0.684. The largest absolute Gasteiger partial charge is 0.330 e. The predicted molar refractivity (Wildman–Crippen MR) is 78.2 cm³/mol. The Morgan fingerprint density at radius 2 is 2.00 bits per heavy atom. The first-order chi connectivity index (χ1) is 8.63. The van der Waals surface area contributed by atoms with Gasteiger partial charge in [-0.2, -0.15) is 0 Å². The molecule has 100 valence electrons. The Morgan fingerprint density at radius 1 is 1.33 bits per heavy atom. The molecule has 0 amide bonds. The van der Waals surface area contributed by atoms with E-state index in [-0.39, 0.29) is 0 Å². The van der Waals surface area contributed by atoms with Crippen molar-refractivity contribution in [1.29, 1.82) is 0 Å². The van der Waals surface area contributed by atoms with Crippen LogP contribution in [0.3, 0.4) is 0 Å². The number of likely N-dealkylation sites (tertiary alicyclic amines) is 1. The minimum Gasteiger partial charge on any atom is -0.330 e. The third-order valence-corrected chi connectivity index (χ3v) is 4.80. The van der Waals surface area contributed by atoms with E-state index in [0.717, 1.165) is 25.2 Å². The second-order valence-electron chi connectivity index (χ2n) is 5.03. The van der Waals surface area contributed by atoms with Crippen LogP contribution >= 0.6 is 23.2 Å². The van der Waals surface area contributed by atoms with Crippen LogP contribution in [0.15, 0.2) is 18.2 Å². The highest BCUT2D eigenvalue weighted by Crippen LogP contribution is 2.34. The standard InChI is InChI=1S/C14H20Cl2N2/c1-10(12-3-2-4-13(15)14(12)16)18-7-5-11(9-17)6-8-18/h2-4,10-11H,5-9,17H2,1H3. The summed E-state index contributed by atoms with van der Waals surface area (Å²) in [6, 6.07) is 6.18. The van der Waals surface area contributed by atoms with Gasteiger partial charge in [-0.3, -0.25) is 4.90 Å². The first-order valence-corrected chi connectivity index (χ1v) is 7.27. The summed E-state index contributed by atoms with van der Waals surface area (Å²) < 4.78 is 0. The van der Waals surface area contributed by atoms with Crippen molar-refractivity contribution in [1.82, 2.24) is 4.90 Å². The molecule has 0 aromatic heterocycles. The van der Waals surface area contributed by atoms with Gasteiger partial charge in [0.1, 0.15) is 0 Å². The first kappa shape index (κ1) is 14.1. The van der Waals surface area contributed by atoms with E-state index >= 15 is 0 Å². The molecular formula is C14H20Cl2N2. The average molecular weight is 287 g/mol. The van der Waals surface area contributed by atoms with Crippen molar-refractivity contribution in [3.8, 4) is 0 Å². The van der Waals surface area contributed by atoms with Crippen LogP contribution in [0.2, 0.25) is 10.0 Å². The molecule has 1 aromatic carbocycles. The van der Waals surface area contributed by atoms with E-state index in [1.807, 2.05) is 12.1 Å². The van der Waals surface area contributed by atoms with Crippen LogP contribution < -0.4 is 5.73 Å². The van der Waals surface area contributed by atoms with E-state index < -0.39 is 0 Å². The molecule has 1 unspecified atom stereocenters. The molecule has 18 heavy (non-hydrogen) atoms. The number of halogens is 2. The van der Waals surface area contributed by atoms with Crippen molar-refractivity contribution in [3.05, 3.63) is 33.8 Å². The van der Waals surface area contributed by atoms with E-state index in [2.05, 4.69) is 17.9 Å². The fourth-order valence-electron chi connectivity index (χ4n) is 2.62. The summed E-state index contributed by atoms with van der Waals surface area (Å²) in [5.41, 5.74) is 6.84. The van der Waals surface area contributed by atoms with Crippen LogP contribution in [0, 0.1) is 5.92 Å². The number of nitrogens with zero attached hydrogens (tertiary/aromatic N) is 1. The van der Waals surface area contributed by atoms with Crippen LogP contribution in [0.1, 0.15) is 31.4 Å². The lowest BCUT2D eigenvalue weighted by molar-refractivity contribution is 0.143. The van der Waals surface area contributed by atoms with Gasteiger partial charge in [-0.1, -0.05) is 35.3 Å². The second kappa shape index (κ2) is 6.25. The van der Waals surface area contributed by atoms with Crippen LogP contribution in [0.25, 0.3) is 0 Å². The van der Waals surface area contributed by atoms with Crippen molar-refractivity contribution in [2.75, 3.05) is 19.6 Å². The fraction of sp³-hybridized carbons (Fsp3) is 0.571. The molecule has 1 aliphatic rings. The Morgan fingerprint density at radius 3 is 2.61 bits per heavy atom. The maximum Gasteiger partial charge on any atom is 0.0640 e. The van der Waals surface area contributed by atoms with Crippen LogP contribution in [0.5, 0.6) is 0 Å². The van der Waals surface area contributed by atoms with Gasteiger partial charge in [0.15, 0.2) is 0 Å². The summed E-state index contributed by atoms with van der Waals surface area (Å²) in [6.07, 6.45) is 2.36. The Kier molecular flexibility index (Phi) is 4.91. The fourth-order valence-corrected chi connectivity index (χ4v) is 3.08. The zero-order chi connectivity index (χ0) is 13.1. The number of hydrogen-bond donors (Lipinski definition) is 1. The lowest BCUT2D eigenvalue weighted by Gasteiger charge is -2.36. The normalized spacial score (nSPS) is 20.0. The molecule has 1 fully saturated rings. The van der Waals surface area contributed by atoms with Gasteiger partial charge in [-0.15, -0.1) is 0 Å². The summed E-state index contributed by atoms with van der Waals surface area (Å²) in [5, 5.41) is 1.32. The van der Waals surface area contributed by atoms with Gasteiger partial charge in [0.2, 0.25) is 0 Å². The minimum atomic E-state index is 0.315. The SMILES string of the molecule is CC(c1cccc(Cl)c1Cl)N1CCC(CN)CC1. The molecule has 0 radical (unpaired) electrons. The molecule has 0 saturated carbocycles. The van der Waals surface area contributed by atoms with E-state index in [4.69, 9.17) is 28.9 Å². The van der Waals surface area contributed by atoms with E-state index in [1.165, 1.54) is 12.8 Å². The van der Waals surface area contributed by atoms with Crippen molar-refractivity contribution in [2.24, 2.45) is 11.7 Å². The quantitative estimate of drug-likeness (QED) is 0.918. The van der Waals surface area contributed by atoms with Gasteiger partial charge in [0, 0.05) is 6.04 Å². The Bertz CT molecular complexity index is 401. The molecule has 4 heteroatoms. The molecule has 1 aromatic rings. The molecule has 0 aliphatic carbocycles. The molecule has 1 saturated heterocycles. The van der Waals surface area contributed by atoms with E-state index in [0.29, 0.717) is 22.0 Å². The average Bonchev–Trinajstić information content (AvgIpc) is 2.41. The maximum absolute atomic E-state index is 6.28. The Hall–Kier alpha value is -0.280. The summed E-state index contributed by atoms with van der Waals surface area (Å²) in [6.45, 7) is 5.18. The van der Waals surface area contributed by atoms with Crippen LogP contribution in [0.4, 0.5) is 0 Å². The highest BCUT2D eigenvalue weighted by molar-refractivity contribution is 6.42. The highest BCUT2D eigenvalue weighted by Gasteiger charge is 2.24. The maximum atomic E-state index is 6.28. The van der Waals surface area contributed by atoms with Gasteiger partial charge in [-0.25, -0.2) is 0 Å². The topological polar surface area (TPSA) is 29.3 Å². The lowest BCUT2D eigenvalue weighted by Crippen LogP contribution is -2.37. The lowest BCUT2D eigenvalue weighted by atomic mass is 9.95. The zero-order valence-electron chi connectivity index (χ0n) is 10.7. The Balaban J connectivity index is 2.08. The van der Waals surface area contributed by atoms with Gasteiger partial charge in [-0.05, 0) is 56.9 Å². The van der Waals surface area contributed by atoms with Crippen molar-refractivity contribution in [2.45, 2.75) is 25.8 Å². The summed E-state index contributed by atoms with van der Waals surface area (Å²) in [7, 11) is 0. The molecule has 1 atom stereocenters. The van der Waals surface area contributed by atoms with Crippen molar-refractivity contribution in [3.63, 3.8) is 0 Å². The molecular weight excluding hydrogens is 267 g/mol. The van der Waals surface area contributed by atoms with Gasteiger partial charge < -0.3 is 5.73 Å². The van der Waals surface area contributed by atoms with Crippen molar-refractivity contribution >= 4 is 23.2 Å². The highest BCUT2D eigenvalue weighted by atomic mass is 35.5. The number of benzene rings is 1. The number of hydrogen-bond acceptors (Lipinski definition) is 2. The number of piperidine rings is 1. The number of rotatable bonds is 3. The monoisotopic (exact) mass is 286 g/mol. The molecule has 2 N–H and O–H groups in total. The molecule has 1 heterocycles. The van der Waals surface area contributed by atoms with Crippen LogP contribution in [-0.4, -0.2) is 24.5 Å². The smallest absolute Gasteiger partial charge is 0.0640 e. The van der Waals surface area contributed by atoms with E-state index in [9.17, 15) is 0 Å². The minimum absolute atomic E-state index is 0.315. The Labute approximate surface area is 119 Å². The molecule has 0 bridgehead atoms. The molecule has 0 spiro atoms. The third kappa shape index (κ3) is 3.00. The summed E-state index contributed by atoms with van der Waals surface area (Å²) >= 11 is 12.4. The molecule has 1 aliphatic heterocycles. The molecule has 2 nitrogen and oxygen atoms in total. The van der Waals surface area contributed by atoms with E-state index in [1.54, 1.807) is 0 Å². The van der Waals surface area contributed by atoms with Gasteiger partial charge in [0.25, 0.3) is 0 Å². The third-order valence-electron chi connectivity index (χ3n) is 3.96. The number of nitrogens with two attached hydrogens (primary N) is 1. The zero-order valence-corrected chi connectivity index (χ0v) is 12.2. The summed E-state index contributed by atoms with van der Waals surface area (Å²) in [4.78, 5) is 2.46. The van der Waals surface area contributed by atoms with Crippen molar-refractivity contribution < 1.29 is 0 Å². The molecule has 2 rings (SSSR count). The van der Waals surface area contributed by atoms with Crippen LogP contribution in [-0.2, 0) is 0 Å².